The Bertz CT molecular complexity index is 995. The molecule has 2 heterocycles. The number of carbonyl (C=O) groups excluding carboxylic acids is 1. The average Bonchev–Trinajstić information content (AvgIpc) is 3.13. The Morgan fingerprint density at radius 2 is 2.00 bits per heavy atom. The number of aliphatic hydroxyl groups is 1. The molecule has 152 valence electrons. The van der Waals surface area contributed by atoms with Crippen LogP contribution in [-0.4, -0.2) is 44.4 Å². The van der Waals surface area contributed by atoms with E-state index in [1.165, 1.54) is 0 Å². The summed E-state index contributed by atoms with van der Waals surface area (Å²) >= 11 is 0. The van der Waals surface area contributed by atoms with Crippen LogP contribution in [0.4, 0.5) is 17.5 Å². The van der Waals surface area contributed by atoms with Gasteiger partial charge in [0, 0.05) is 11.7 Å². The lowest BCUT2D eigenvalue weighted by atomic mass is 9.93. The molecule has 0 radical (unpaired) electrons. The highest BCUT2D eigenvalue weighted by Crippen LogP contribution is 2.23. The molecule has 29 heavy (non-hydrogen) atoms. The standard InChI is InChI=1S/C21H25N5O3/c1-2-29-20(28)14-5-3-6-16(13-14)23-21-24-19-8-4-7-18(26(19)25-21)22-15-9-11-17(27)12-10-15/h3-8,13,15,17,22,27H,2,9-12H2,1H3,(H,23,25). The van der Waals surface area contributed by atoms with E-state index in [1.54, 1.807) is 29.6 Å². The van der Waals surface area contributed by atoms with E-state index in [2.05, 4.69) is 20.7 Å². The van der Waals surface area contributed by atoms with E-state index in [0.29, 0.717) is 29.8 Å². The molecule has 0 aliphatic heterocycles. The highest BCUT2D eigenvalue weighted by Gasteiger charge is 2.20. The Kier molecular flexibility index (Phi) is 5.62. The Labute approximate surface area is 168 Å². The maximum atomic E-state index is 11.9. The summed E-state index contributed by atoms with van der Waals surface area (Å²) in [5.41, 5.74) is 1.90. The van der Waals surface area contributed by atoms with Gasteiger partial charge in [0.15, 0.2) is 5.65 Å². The predicted octanol–water partition coefficient (Wildman–Crippen LogP) is 3.37. The van der Waals surface area contributed by atoms with Crippen LogP contribution in [0, 0.1) is 0 Å². The molecule has 8 heteroatoms. The van der Waals surface area contributed by atoms with Crippen LogP contribution in [-0.2, 0) is 4.74 Å². The fourth-order valence-electron chi connectivity index (χ4n) is 3.56. The largest absolute Gasteiger partial charge is 0.462 e. The lowest BCUT2D eigenvalue weighted by Gasteiger charge is -2.26. The zero-order chi connectivity index (χ0) is 20.2. The van der Waals surface area contributed by atoms with Gasteiger partial charge in [-0.25, -0.2) is 4.79 Å². The fraction of sp³-hybridized carbons (Fsp3) is 0.381. The molecule has 0 spiro atoms. The van der Waals surface area contributed by atoms with Gasteiger partial charge in [-0.3, -0.25) is 0 Å². The number of aromatic nitrogens is 3. The minimum Gasteiger partial charge on any atom is -0.462 e. The van der Waals surface area contributed by atoms with Crippen LogP contribution >= 0.6 is 0 Å². The van der Waals surface area contributed by atoms with Crippen LogP contribution < -0.4 is 10.6 Å². The van der Waals surface area contributed by atoms with E-state index in [0.717, 1.165) is 37.1 Å². The highest BCUT2D eigenvalue weighted by atomic mass is 16.5. The second kappa shape index (κ2) is 8.48. The Balaban J connectivity index is 1.52. The van der Waals surface area contributed by atoms with Crippen LogP contribution in [0.5, 0.6) is 0 Å². The van der Waals surface area contributed by atoms with Gasteiger partial charge < -0.3 is 20.5 Å². The number of benzene rings is 1. The second-order valence-electron chi connectivity index (χ2n) is 7.19. The summed E-state index contributed by atoms with van der Waals surface area (Å²) in [7, 11) is 0. The summed E-state index contributed by atoms with van der Waals surface area (Å²) in [6.07, 6.45) is 3.30. The molecule has 0 atom stereocenters. The molecule has 1 aliphatic rings. The first-order chi connectivity index (χ1) is 14.1. The van der Waals surface area contributed by atoms with Crippen LogP contribution in [0.25, 0.3) is 5.65 Å². The average molecular weight is 395 g/mol. The van der Waals surface area contributed by atoms with E-state index >= 15 is 0 Å². The van der Waals surface area contributed by atoms with Crippen LogP contribution in [0.2, 0.25) is 0 Å². The first kappa shape index (κ1) is 19.2. The lowest BCUT2D eigenvalue weighted by Crippen LogP contribution is -2.29. The number of esters is 1. The molecule has 3 aromatic rings. The number of nitrogens with zero attached hydrogens (tertiary/aromatic N) is 3. The maximum absolute atomic E-state index is 11.9. The van der Waals surface area contributed by atoms with Gasteiger partial charge in [0.05, 0.1) is 18.3 Å². The van der Waals surface area contributed by atoms with Gasteiger partial charge in [0.25, 0.3) is 0 Å². The van der Waals surface area contributed by atoms with Crippen molar-refractivity contribution >= 4 is 29.1 Å². The molecule has 4 rings (SSSR count). The number of rotatable bonds is 6. The van der Waals surface area contributed by atoms with Crippen molar-refractivity contribution in [2.75, 3.05) is 17.2 Å². The SMILES string of the molecule is CCOC(=O)c1cccc(Nc2nc3cccc(NC4CCC(O)CC4)n3n2)c1. The zero-order valence-electron chi connectivity index (χ0n) is 16.3. The molecule has 1 fully saturated rings. The normalized spacial score (nSPS) is 19.1. The Morgan fingerprint density at radius 1 is 1.21 bits per heavy atom. The Morgan fingerprint density at radius 3 is 2.79 bits per heavy atom. The van der Waals surface area contributed by atoms with E-state index in [-0.39, 0.29) is 12.1 Å². The summed E-state index contributed by atoms with van der Waals surface area (Å²) < 4.78 is 6.82. The fourth-order valence-corrected chi connectivity index (χ4v) is 3.56. The van der Waals surface area contributed by atoms with Crippen molar-refractivity contribution < 1.29 is 14.6 Å². The summed E-state index contributed by atoms with van der Waals surface area (Å²) in [4.78, 5) is 16.5. The topological polar surface area (TPSA) is 101 Å². The quantitative estimate of drug-likeness (QED) is 0.550. The predicted molar refractivity (Wildman–Crippen MR) is 111 cm³/mol. The molecular formula is C21H25N5O3. The molecule has 0 bridgehead atoms. The smallest absolute Gasteiger partial charge is 0.338 e. The number of hydrogen-bond donors (Lipinski definition) is 3. The molecular weight excluding hydrogens is 370 g/mol. The van der Waals surface area contributed by atoms with Gasteiger partial charge in [-0.15, -0.1) is 5.10 Å². The maximum Gasteiger partial charge on any atom is 0.338 e. The Hall–Kier alpha value is -3.13. The third-order valence-corrected chi connectivity index (χ3v) is 5.04. The zero-order valence-corrected chi connectivity index (χ0v) is 16.3. The summed E-state index contributed by atoms with van der Waals surface area (Å²) in [5.74, 6) is 0.951. The van der Waals surface area contributed by atoms with E-state index in [9.17, 15) is 9.90 Å². The van der Waals surface area contributed by atoms with E-state index in [4.69, 9.17) is 4.74 Å². The van der Waals surface area contributed by atoms with Crippen molar-refractivity contribution in [1.82, 2.24) is 14.6 Å². The molecule has 0 amide bonds. The van der Waals surface area contributed by atoms with Crippen molar-refractivity contribution in [2.45, 2.75) is 44.8 Å². The third kappa shape index (κ3) is 4.48. The molecule has 8 nitrogen and oxygen atoms in total. The van der Waals surface area contributed by atoms with E-state index in [1.807, 2.05) is 24.3 Å². The van der Waals surface area contributed by atoms with Crippen molar-refractivity contribution in [3.05, 3.63) is 48.0 Å². The molecule has 3 N–H and O–H groups in total. The monoisotopic (exact) mass is 395 g/mol. The van der Waals surface area contributed by atoms with Crippen molar-refractivity contribution in [1.29, 1.82) is 0 Å². The van der Waals surface area contributed by atoms with Gasteiger partial charge in [0.1, 0.15) is 5.82 Å². The number of nitrogens with one attached hydrogen (secondary N) is 2. The van der Waals surface area contributed by atoms with Gasteiger partial charge in [-0.05, 0) is 62.9 Å². The number of carbonyl (C=O) groups is 1. The number of anilines is 3. The van der Waals surface area contributed by atoms with Crippen LogP contribution in [0.3, 0.4) is 0 Å². The number of fused-ring (bicyclic) bond motifs is 1. The molecule has 0 saturated heterocycles. The highest BCUT2D eigenvalue weighted by molar-refractivity contribution is 5.90. The molecule has 1 aliphatic carbocycles. The number of aliphatic hydroxyl groups excluding tert-OH is 1. The van der Waals surface area contributed by atoms with Gasteiger partial charge in [-0.2, -0.15) is 9.50 Å². The van der Waals surface area contributed by atoms with Crippen LogP contribution in [0.1, 0.15) is 43.0 Å². The third-order valence-electron chi connectivity index (χ3n) is 5.04. The molecule has 1 aromatic carbocycles. The molecule has 0 unspecified atom stereocenters. The van der Waals surface area contributed by atoms with Gasteiger partial charge >= 0.3 is 5.97 Å². The number of pyridine rings is 1. The first-order valence-electron chi connectivity index (χ1n) is 9.97. The molecule has 1 saturated carbocycles. The second-order valence-corrected chi connectivity index (χ2v) is 7.19. The number of ether oxygens (including phenoxy) is 1. The molecule has 2 aromatic heterocycles. The first-order valence-corrected chi connectivity index (χ1v) is 9.97. The summed E-state index contributed by atoms with van der Waals surface area (Å²) in [5, 5.41) is 20.9. The lowest BCUT2D eigenvalue weighted by molar-refractivity contribution is 0.0526. The van der Waals surface area contributed by atoms with Crippen LogP contribution in [0.15, 0.2) is 42.5 Å². The minimum atomic E-state index is -0.358. The van der Waals surface area contributed by atoms with Gasteiger partial charge in [-0.1, -0.05) is 12.1 Å². The van der Waals surface area contributed by atoms with Crippen molar-refractivity contribution in [3.63, 3.8) is 0 Å². The number of hydrogen-bond acceptors (Lipinski definition) is 7. The summed E-state index contributed by atoms with van der Waals surface area (Å²) in [6.45, 7) is 2.11. The van der Waals surface area contributed by atoms with Gasteiger partial charge in [0.2, 0.25) is 5.95 Å². The minimum absolute atomic E-state index is 0.184. The summed E-state index contributed by atoms with van der Waals surface area (Å²) in [6, 6.07) is 13.2. The van der Waals surface area contributed by atoms with E-state index < -0.39 is 0 Å². The van der Waals surface area contributed by atoms with Crippen molar-refractivity contribution in [3.8, 4) is 0 Å². The van der Waals surface area contributed by atoms with Crippen molar-refractivity contribution in [2.24, 2.45) is 0 Å².